The van der Waals surface area contributed by atoms with Crippen molar-refractivity contribution in [1.82, 2.24) is 0 Å². The molecule has 14 heavy (non-hydrogen) atoms. The number of hydrogen-bond acceptors (Lipinski definition) is 3. The Hall–Kier alpha value is -0.960. The molecule has 2 atom stereocenters. The van der Waals surface area contributed by atoms with Crippen LogP contribution in [0.1, 0.15) is 23.7 Å². The molecule has 0 aromatic heterocycles. The van der Waals surface area contributed by atoms with Gasteiger partial charge in [-0.05, 0) is 11.6 Å². The van der Waals surface area contributed by atoms with Crippen molar-refractivity contribution in [3.05, 3.63) is 29.8 Å². The highest BCUT2D eigenvalue weighted by Crippen LogP contribution is 2.47. The summed E-state index contributed by atoms with van der Waals surface area (Å²) in [4.78, 5) is 11.4. The van der Waals surface area contributed by atoms with Crippen LogP contribution in [0.3, 0.4) is 0 Å². The predicted octanol–water partition coefficient (Wildman–Crippen LogP) is 2.58. The van der Waals surface area contributed by atoms with Gasteiger partial charge in [-0.25, -0.2) is 0 Å². The fourth-order valence-corrected chi connectivity index (χ4v) is 3.65. The van der Waals surface area contributed by atoms with Crippen LogP contribution in [0.15, 0.2) is 24.3 Å². The van der Waals surface area contributed by atoms with Gasteiger partial charge in [0, 0.05) is 23.8 Å². The van der Waals surface area contributed by atoms with E-state index in [1.54, 1.807) is 0 Å². The molecule has 1 N–H and O–H groups in total. The van der Waals surface area contributed by atoms with Crippen LogP contribution in [0, 0.1) is 0 Å². The minimum absolute atomic E-state index is 0.302. The second-order valence-corrected chi connectivity index (χ2v) is 5.20. The summed E-state index contributed by atoms with van der Waals surface area (Å²) in [5.41, 5.74) is 2.51. The normalized spacial score (nSPS) is 29.3. The van der Waals surface area contributed by atoms with Gasteiger partial charge in [-0.3, -0.25) is 4.79 Å². The third kappa shape index (κ3) is 1.23. The molecular weight excluding hydrogens is 194 g/mol. The van der Waals surface area contributed by atoms with Gasteiger partial charge >= 0.3 is 0 Å². The van der Waals surface area contributed by atoms with Crippen molar-refractivity contribution in [2.75, 3.05) is 5.32 Å². The van der Waals surface area contributed by atoms with Crippen LogP contribution in [0.5, 0.6) is 0 Å². The van der Waals surface area contributed by atoms with Crippen LogP contribution >= 0.6 is 11.8 Å². The number of nitrogens with one attached hydrogen (secondary N) is 1. The Morgan fingerprint density at radius 2 is 2.14 bits per heavy atom. The predicted molar refractivity (Wildman–Crippen MR) is 58.4 cm³/mol. The number of hydrogen-bond donors (Lipinski definition) is 1. The van der Waals surface area contributed by atoms with Crippen molar-refractivity contribution >= 4 is 23.2 Å². The number of carbonyl (C=O) groups is 1. The van der Waals surface area contributed by atoms with Crippen LogP contribution in [0.25, 0.3) is 0 Å². The summed E-state index contributed by atoms with van der Waals surface area (Å²) in [5, 5.41) is 4.09. The first-order valence-electron chi connectivity index (χ1n) is 4.85. The van der Waals surface area contributed by atoms with E-state index in [9.17, 15) is 4.79 Å². The van der Waals surface area contributed by atoms with E-state index < -0.39 is 0 Å². The maximum absolute atomic E-state index is 11.4. The smallest absolute Gasteiger partial charge is 0.137 e. The fourth-order valence-electron chi connectivity index (χ4n) is 2.14. The van der Waals surface area contributed by atoms with Crippen molar-refractivity contribution in [1.29, 1.82) is 0 Å². The molecule has 0 amide bonds. The lowest BCUT2D eigenvalue weighted by Crippen LogP contribution is -2.31. The van der Waals surface area contributed by atoms with Gasteiger partial charge in [-0.2, -0.15) is 0 Å². The van der Waals surface area contributed by atoms with Gasteiger partial charge in [-0.15, -0.1) is 11.8 Å². The van der Waals surface area contributed by atoms with Gasteiger partial charge in [0.1, 0.15) is 5.78 Å². The summed E-state index contributed by atoms with van der Waals surface area (Å²) in [6, 6.07) is 8.31. The van der Waals surface area contributed by atoms with Crippen molar-refractivity contribution in [3.8, 4) is 0 Å². The molecule has 1 fully saturated rings. The van der Waals surface area contributed by atoms with Crippen LogP contribution < -0.4 is 5.32 Å². The molecule has 2 unspecified atom stereocenters. The number of anilines is 1. The first-order chi connectivity index (χ1) is 6.83. The maximum Gasteiger partial charge on any atom is 0.137 e. The number of carbonyl (C=O) groups excluding carboxylic acids is 1. The Bertz CT molecular complexity index is 391. The van der Waals surface area contributed by atoms with Crippen molar-refractivity contribution < 1.29 is 4.79 Å². The van der Waals surface area contributed by atoms with Crippen LogP contribution in [0.4, 0.5) is 5.69 Å². The van der Waals surface area contributed by atoms with E-state index in [4.69, 9.17) is 0 Å². The first-order valence-corrected chi connectivity index (χ1v) is 5.80. The first kappa shape index (κ1) is 8.36. The molecule has 2 heterocycles. The summed E-state index contributed by atoms with van der Waals surface area (Å²) in [6.45, 7) is 0. The zero-order valence-corrected chi connectivity index (χ0v) is 8.51. The molecule has 2 aliphatic rings. The maximum atomic E-state index is 11.4. The zero-order chi connectivity index (χ0) is 9.54. The SMILES string of the molecule is O=C1CC2Nc3ccccc3C(C1)S2. The molecule has 0 saturated carbocycles. The number of benzene rings is 1. The molecule has 2 nitrogen and oxygen atoms in total. The van der Waals surface area contributed by atoms with Gasteiger partial charge in [0.25, 0.3) is 0 Å². The molecule has 0 aliphatic carbocycles. The van der Waals surface area contributed by atoms with E-state index >= 15 is 0 Å². The molecule has 2 aliphatic heterocycles. The standard InChI is InChI=1S/C11H11NOS/c13-7-5-10-8-3-1-2-4-9(8)12-11(6-7)14-10/h1-4,10-12H,5-6H2. The van der Waals surface area contributed by atoms with Crippen LogP contribution in [-0.4, -0.2) is 11.2 Å². The largest absolute Gasteiger partial charge is 0.373 e. The van der Waals surface area contributed by atoms with E-state index in [0.29, 0.717) is 29.2 Å². The monoisotopic (exact) mass is 205 g/mol. The molecule has 1 saturated heterocycles. The number of rotatable bonds is 0. The van der Waals surface area contributed by atoms with E-state index in [0.717, 1.165) is 0 Å². The summed E-state index contributed by atoms with van der Waals surface area (Å²) >= 11 is 1.89. The average Bonchev–Trinajstić information content (AvgIpc) is 2.17. The third-order valence-electron chi connectivity index (χ3n) is 2.78. The lowest BCUT2D eigenvalue weighted by Gasteiger charge is -2.36. The van der Waals surface area contributed by atoms with E-state index in [2.05, 4.69) is 17.4 Å². The zero-order valence-electron chi connectivity index (χ0n) is 7.69. The molecule has 3 rings (SSSR count). The number of thioether (sulfide) groups is 1. The minimum atomic E-state index is 0.302. The molecule has 0 radical (unpaired) electrons. The molecule has 1 aromatic rings. The van der Waals surface area contributed by atoms with E-state index in [1.165, 1.54) is 11.3 Å². The van der Waals surface area contributed by atoms with Crippen LogP contribution in [0.2, 0.25) is 0 Å². The Labute approximate surface area is 87.1 Å². The highest BCUT2D eigenvalue weighted by atomic mass is 32.2. The third-order valence-corrected chi connectivity index (χ3v) is 4.14. The number of Topliss-reactive ketones (excluding diaryl/α,β-unsaturated/α-hetero) is 1. The van der Waals surface area contributed by atoms with Gasteiger partial charge in [0.15, 0.2) is 0 Å². The second kappa shape index (κ2) is 3.02. The number of ketones is 1. The van der Waals surface area contributed by atoms with Gasteiger partial charge in [0.05, 0.1) is 5.37 Å². The topological polar surface area (TPSA) is 29.1 Å². The fraction of sp³-hybridized carbons (Fsp3) is 0.364. The molecule has 72 valence electrons. The summed E-state index contributed by atoms with van der Waals surface area (Å²) in [5.74, 6) is 0.390. The van der Waals surface area contributed by atoms with Crippen molar-refractivity contribution in [2.24, 2.45) is 0 Å². The van der Waals surface area contributed by atoms with Gasteiger partial charge < -0.3 is 5.32 Å². The average molecular weight is 205 g/mol. The Kier molecular flexibility index (Phi) is 1.80. The Morgan fingerprint density at radius 1 is 1.29 bits per heavy atom. The minimum Gasteiger partial charge on any atom is -0.373 e. The molecular formula is C11H11NOS. The van der Waals surface area contributed by atoms with Crippen molar-refractivity contribution in [3.63, 3.8) is 0 Å². The van der Waals surface area contributed by atoms with Crippen LogP contribution in [-0.2, 0) is 4.79 Å². The molecule has 0 spiro atoms. The second-order valence-electron chi connectivity index (χ2n) is 3.79. The number of para-hydroxylation sites is 1. The Balaban J connectivity index is 2.05. The highest BCUT2D eigenvalue weighted by Gasteiger charge is 2.33. The van der Waals surface area contributed by atoms with E-state index in [1.807, 2.05) is 23.9 Å². The summed E-state index contributed by atoms with van der Waals surface area (Å²) in [6.07, 6.45) is 1.38. The molecule has 1 aromatic carbocycles. The van der Waals surface area contributed by atoms with E-state index in [-0.39, 0.29) is 0 Å². The lowest BCUT2D eigenvalue weighted by molar-refractivity contribution is -0.119. The molecule has 3 heteroatoms. The summed E-state index contributed by atoms with van der Waals surface area (Å²) < 4.78 is 0. The van der Waals surface area contributed by atoms with Crippen molar-refractivity contribution in [2.45, 2.75) is 23.5 Å². The summed E-state index contributed by atoms with van der Waals surface area (Å²) in [7, 11) is 0. The lowest BCUT2D eigenvalue weighted by atomic mass is 10.0. The molecule has 2 bridgehead atoms. The van der Waals surface area contributed by atoms with Gasteiger partial charge in [-0.1, -0.05) is 18.2 Å². The van der Waals surface area contributed by atoms with Gasteiger partial charge in [0.2, 0.25) is 0 Å². The quantitative estimate of drug-likeness (QED) is 0.705. The number of fused-ring (bicyclic) bond motifs is 4. The Morgan fingerprint density at radius 3 is 3.07 bits per heavy atom. The highest BCUT2D eigenvalue weighted by molar-refractivity contribution is 8.00.